The molecule has 2 aromatic rings. The Balaban J connectivity index is 2.07. The van der Waals surface area contributed by atoms with Crippen LogP contribution in [0.3, 0.4) is 0 Å². The Hall–Kier alpha value is -2.16. The van der Waals surface area contributed by atoms with Crippen LogP contribution in [0, 0.1) is 5.82 Å². The highest BCUT2D eigenvalue weighted by Crippen LogP contribution is 2.18. The summed E-state index contributed by atoms with van der Waals surface area (Å²) >= 11 is 0. The first-order valence-electron chi connectivity index (χ1n) is 5.78. The Kier molecular flexibility index (Phi) is 3.72. The van der Waals surface area contributed by atoms with E-state index in [9.17, 15) is 9.18 Å². The Morgan fingerprint density at radius 3 is 2.28 bits per heavy atom. The van der Waals surface area contributed by atoms with Crippen LogP contribution in [-0.2, 0) is 4.79 Å². The van der Waals surface area contributed by atoms with E-state index in [-0.39, 0.29) is 17.6 Å². The topological polar surface area (TPSA) is 29.1 Å². The van der Waals surface area contributed by atoms with Crippen LogP contribution in [0.25, 0.3) is 0 Å². The number of nitrogens with one attached hydrogen (secondary N) is 1. The minimum Gasteiger partial charge on any atom is -0.326 e. The summed E-state index contributed by atoms with van der Waals surface area (Å²) in [4.78, 5) is 12.0. The predicted octanol–water partition coefficient (Wildman–Crippen LogP) is 3.57. The first kappa shape index (κ1) is 12.3. The fourth-order valence-corrected chi connectivity index (χ4v) is 1.67. The Bertz CT molecular complexity index is 522. The summed E-state index contributed by atoms with van der Waals surface area (Å²) in [6.07, 6.45) is 0. The van der Waals surface area contributed by atoms with Gasteiger partial charge in [0.15, 0.2) is 0 Å². The lowest BCUT2D eigenvalue weighted by Crippen LogP contribution is -2.18. The molecule has 18 heavy (non-hydrogen) atoms. The SMILES string of the molecule is CC(C(=O)Nc1ccccc1)c1ccc(F)cc1. The van der Waals surface area contributed by atoms with E-state index in [1.165, 1.54) is 12.1 Å². The third-order valence-electron chi connectivity index (χ3n) is 2.80. The molecule has 1 atom stereocenters. The number of halogens is 1. The monoisotopic (exact) mass is 243 g/mol. The van der Waals surface area contributed by atoms with Gasteiger partial charge in [-0.05, 0) is 36.8 Å². The first-order valence-corrected chi connectivity index (χ1v) is 5.78. The maximum atomic E-state index is 12.8. The third kappa shape index (κ3) is 2.94. The average Bonchev–Trinajstić information content (AvgIpc) is 2.40. The zero-order chi connectivity index (χ0) is 13.0. The number of carbonyl (C=O) groups is 1. The number of rotatable bonds is 3. The van der Waals surface area contributed by atoms with Crippen molar-refractivity contribution in [3.05, 3.63) is 66.0 Å². The molecule has 2 rings (SSSR count). The van der Waals surface area contributed by atoms with Gasteiger partial charge in [0.1, 0.15) is 5.82 Å². The van der Waals surface area contributed by atoms with Gasteiger partial charge >= 0.3 is 0 Å². The second-order valence-corrected chi connectivity index (χ2v) is 4.13. The number of hydrogen-bond donors (Lipinski definition) is 1. The lowest BCUT2D eigenvalue weighted by Gasteiger charge is -2.12. The maximum Gasteiger partial charge on any atom is 0.231 e. The summed E-state index contributed by atoms with van der Waals surface area (Å²) in [6.45, 7) is 1.80. The quantitative estimate of drug-likeness (QED) is 0.877. The van der Waals surface area contributed by atoms with E-state index in [0.717, 1.165) is 11.3 Å². The second kappa shape index (κ2) is 5.45. The van der Waals surface area contributed by atoms with Crippen molar-refractivity contribution in [2.75, 3.05) is 5.32 Å². The standard InChI is InChI=1S/C15H14FNO/c1-11(12-7-9-13(16)10-8-12)15(18)17-14-5-3-2-4-6-14/h2-11H,1H3,(H,17,18). The van der Waals surface area contributed by atoms with Crippen LogP contribution in [0.5, 0.6) is 0 Å². The van der Waals surface area contributed by atoms with Gasteiger partial charge in [-0.1, -0.05) is 30.3 Å². The van der Waals surface area contributed by atoms with Crippen molar-refractivity contribution in [3.8, 4) is 0 Å². The molecule has 0 aromatic heterocycles. The number of anilines is 1. The van der Waals surface area contributed by atoms with Crippen LogP contribution in [0.2, 0.25) is 0 Å². The molecule has 0 radical (unpaired) electrons. The zero-order valence-electron chi connectivity index (χ0n) is 10.1. The van der Waals surface area contributed by atoms with Crippen LogP contribution >= 0.6 is 0 Å². The molecule has 0 saturated carbocycles. The number of carbonyl (C=O) groups excluding carboxylic acids is 1. The highest BCUT2D eigenvalue weighted by molar-refractivity contribution is 5.95. The van der Waals surface area contributed by atoms with Gasteiger partial charge in [0.05, 0.1) is 5.92 Å². The van der Waals surface area contributed by atoms with Gasteiger partial charge in [-0.25, -0.2) is 4.39 Å². The smallest absolute Gasteiger partial charge is 0.231 e. The fourth-order valence-electron chi connectivity index (χ4n) is 1.67. The molecule has 0 spiro atoms. The van der Waals surface area contributed by atoms with Gasteiger partial charge in [0.25, 0.3) is 0 Å². The first-order chi connectivity index (χ1) is 8.66. The highest BCUT2D eigenvalue weighted by Gasteiger charge is 2.15. The van der Waals surface area contributed by atoms with E-state index in [0.29, 0.717) is 0 Å². The van der Waals surface area contributed by atoms with E-state index in [1.54, 1.807) is 19.1 Å². The maximum absolute atomic E-state index is 12.8. The summed E-state index contributed by atoms with van der Waals surface area (Å²) in [5.74, 6) is -0.715. The lowest BCUT2D eigenvalue weighted by atomic mass is 10.0. The molecule has 1 N–H and O–H groups in total. The molecule has 2 nitrogen and oxygen atoms in total. The van der Waals surface area contributed by atoms with Gasteiger partial charge in [-0.3, -0.25) is 4.79 Å². The van der Waals surface area contributed by atoms with Crippen molar-refractivity contribution in [1.82, 2.24) is 0 Å². The highest BCUT2D eigenvalue weighted by atomic mass is 19.1. The molecular formula is C15H14FNO. The Morgan fingerprint density at radius 2 is 1.67 bits per heavy atom. The van der Waals surface area contributed by atoms with Crippen molar-refractivity contribution in [1.29, 1.82) is 0 Å². The molecule has 0 aliphatic carbocycles. The summed E-state index contributed by atoms with van der Waals surface area (Å²) in [6, 6.07) is 15.2. The molecule has 3 heteroatoms. The normalized spacial score (nSPS) is 11.9. The minimum absolute atomic E-state index is 0.104. The molecule has 1 unspecified atom stereocenters. The van der Waals surface area contributed by atoms with Gasteiger partial charge in [-0.15, -0.1) is 0 Å². The minimum atomic E-state index is -0.314. The predicted molar refractivity (Wildman–Crippen MR) is 69.9 cm³/mol. The zero-order valence-corrected chi connectivity index (χ0v) is 10.1. The molecule has 0 aliphatic rings. The number of hydrogen-bond acceptors (Lipinski definition) is 1. The van der Waals surface area contributed by atoms with Gasteiger partial charge in [0, 0.05) is 5.69 Å². The Labute approximate surface area is 105 Å². The lowest BCUT2D eigenvalue weighted by molar-refractivity contribution is -0.117. The molecule has 0 saturated heterocycles. The summed E-state index contributed by atoms with van der Waals surface area (Å²) in [5.41, 5.74) is 1.56. The van der Waals surface area contributed by atoms with Gasteiger partial charge in [0.2, 0.25) is 5.91 Å². The average molecular weight is 243 g/mol. The molecule has 0 heterocycles. The molecule has 0 aliphatic heterocycles. The molecular weight excluding hydrogens is 229 g/mol. The number of benzene rings is 2. The van der Waals surface area contributed by atoms with E-state index in [1.807, 2.05) is 30.3 Å². The van der Waals surface area contributed by atoms with Crippen LogP contribution in [0.15, 0.2) is 54.6 Å². The van der Waals surface area contributed by atoms with E-state index < -0.39 is 0 Å². The van der Waals surface area contributed by atoms with E-state index in [2.05, 4.69) is 5.32 Å². The second-order valence-electron chi connectivity index (χ2n) is 4.13. The third-order valence-corrected chi connectivity index (χ3v) is 2.80. The summed E-state index contributed by atoms with van der Waals surface area (Å²) in [5, 5.41) is 2.82. The van der Waals surface area contributed by atoms with Crippen molar-refractivity contribution in [2.45, 2.75) is 12.8 Å². The molecule has 0 bridgehead atoms. The van der Waals surface area contributed by atoms with Crippen LogP contribution in [-0.4, -0.2) is 5.91 Å². The van der Waals surface area contributed by atoms with Crippen molar-refractivity contribution >= 4 is 11.6 Å². The number of para-hydroxylation sites is 1. The summed E-state index contributed by atoms with van der Waals surface area (Å²) < 4.78 is 12.8. The molecule has 0 fully saturated rings. The van der Waals surface area contributed by atoms with Crippen molar-refractivity contribution < 1.29 is 9.18 Å². The summed E-state index contributed by atoms with van der Waals surface area (Å²) in [7, 11) is 0. The largest absolute Gasteiger partial charge is 0.326 e. The molecule has 1 amide bonds. The fraction of sp³-hybridized carbons (Fsp3) is 0.133. The molecule has 2 aromatic carbocycles. The van der Waals surface area contributed by atoms with Gasteiger partial charge < -0.3 is 5.32 Å². The van der Waals surface area contributed by atoms with Crippen LogP contribution < -0.4 is 5.32 Å². The molecule has 92 valence electrons. The van der Waals surface area contributed by atoms with Gasteiger partial charge in [-0.2, -0.15) is 0 Å². The number of amides is 1. The van der Waals surface area contributed by atoms with Crippen LogP contribution in [0.1, 0.15) is 18.4 Å². The Morgan fingerprint density at radius 1 is 1.06 bits per heavy atom. The van der Waals surface area contributed by atoms with Crippen molar-refractivity contribution in [3.63, 3.8) is 0 Å². The van der Waals surface area contributed by atoms with Crippen molar-refractivity contribution in [2.24, 2.45) is 0 Å². The van der Waals surface area contributed by atoms with E-state index in [4.69, 9.17) is 0 Å². The van der Waals surface area contributed by atoms with Crippen LogP contribution in [0.4, 0.5) is 10.1 Å². The van der Waals surface area contributed by atoms with E-state index >= 15 is 0 Å².